The molecule has 0 spiro atoms. The maximum atomic E-state index is 11.0. The van der Waals surface area contributed by atoms with Gasteiger partial charge in [-0.25, -0.2) is 0 Å². The number of aliphatic hydroxyl groups excluding tert-OH is 2. The monoisotopic (exact) mass is 462 g/mol. The van der Waals surface area contributed by atoms with E-state index in [-0.39, 0.29) is 0 Å². The molecule has 4 atom stereocenters. The SMILES string of the molecule is COc1ccc(C[C@H](O)[C@@H]2OC(C)(C)O[C@H]2[C@@H](O)Cc2ccc(OC)c(OC)c2)cc1OC. The second kappa shape index (κ2) is 10.6. The van der Waals surface area contributed by atoms with E-state index in [4.69, 9.17) is 28.4 Å². The number of hydrogen-bond donors (Lipinski definition) is 2. The number of methoxy groups -OCH3 is 4. The zero-order valence-electron chi connectivity index (χ0n) is 20.0. The molecule has 0 amide bonds. The molecule has 2 aromatic carbocycles. The average Bonchev–Trinajstić information content (AvgIpc) is 3.14. The molecule has 182 valence electrons. The minimum absolute atomic E-state index is 0.296. The molecule has 0 aromatic heterocycles. The summed E-state index contributed by atoms with van der Waals surface area (Å²) in [7, 11) is 6.27. The average molecular weight is 463 g/mol. The van der Waals surface area contributed by atoms with E-state index in [1.54, 1.807) is 54.4 Å². The van der Waals surface area contributed by atoms with Gasteiger partial charge in [0.05, 0.1) is 40.6 Å². The van der Waals surface area contributed by atoms with Crippen molar-refractivity contribution in [1.29, 1.82) is 0 Å². The van der Waals surface area contributed by atoms with Crippen molar-refractivity contribution in [3.63, 3.8) is 0 Å². The first-order valence-corrected chi connectivity index (χ1v) is 10.8. The maximum absolute atomic E-state index is 11.0. The standard InChI is InChI=1S/C25H34O8/c1-25(2)32-23(17(26)11-15-7-9-19(28-3)21(13-15)30-5)24(33-25)18(27)12-16-8-10-20(29-4)22(14-16)31-6/h7-10,13-14,17-18,23-24,26-27H,11-12H2,1-6H3/t17-,18-,23-,24-/m0/s1. The molecule has 1 aliphatic rings. The van der Waals surface area contributed by atoms with Crippen LogP contribution in [0, 0.1) is 0 Å². The van der Waals surface area contributed by atoms with Crippen LogP contribution in [0.15, 0.2) is 36.4 Å². The molecule has 2 N–H and O–H groups in total. The molecule has 8 nitrogen and oxygen atoms in total. The third kappa shape index (κ3) is 5.89. The number of benzene rings is 2. The Balaban J connectivity index is 1.75. The van der Waals surface area contributed by atoms with Crippen molar-refractivity contribution in [2.24, 2.45) is 0 Å². The highest BCUT2D eigenvalue weighted by atomic mass is 16.8. The van der Waals surface area contributed by atoms with Crippen LogP contribution in [0.25, 0.3) is 0 Å². The van der Waals surface area contributed by atoms with E-state index in [1.165, 1.54) is 0 Å². The topological polar surface area (TPSA) is 95.8 Å². The lowest BCUT2D eigenvalue weighted by atomic mass is 9.94. The summed E-state index contributed by atoms with van der Waals surface area (Å²) in [6.07, 6.45) is -2.66. The Kier molecular flexibility index (Phi) is 8.07. The van der Waals surface area contributed by atoms with Crippen LogP contribution in [0.1, 0.15) is 25.0 Å². The predicted molar refractivity (Wildman–Crippen MR) is 122 cm³/mol. The lowest BCUT2D eigenvalue weighted by Gasteiger charge is -2.26. The summed E-state index contributed by atoms with van der Waals surface area (Å²) in [5, 5.41) is 22.1. The van der Waals surface area contributed by atoms with Crippen molar-refractivity contribution in [3.8, 4) is 23.0 Å². The first-order chi connectivity index (χ1) is 15.7. The Morgan fingerprint density at radius 3 is 1.39 bits per heavy atom. The summed E-state index contributed by atoms with van der Waals surface area (Å²) < 4.78 is 33.3. The van der Waals surface area contributed by atoms with Gasteiger partial charge in [0.25, 0.3) is 0 Å². The molecule has 0 saturated carbocycles. The van der Waals surface area contributed by atoms with Crippen LogP contribution in [0.2, 0.25) is 0 Å². The molecule has 1 heterocycles. The summed E-state index contributed by atoms with van der Waals surface area (Å²) in [6, 6.07) is 10.9. The Hall–Kier alpha value is -2.52. The molecule has 0 bridgehead atoms. The minimum Gasteiger partial charge on any atom is -0.493 e. The van der Waals surface area contributed by atoms with Crippen molar-refractivity contribution in [1.82, 2.24) is 0 Å². The Morgan fingerprint density at radius 1 is 0.697 bits per heavy atom. The number of ether oxygens (including phenoxy) is 6. The highest BCUT2D eigenvalue weighted by Gasteiger charge is 2.47. The molecule has 0 radical (unpaired) electrons. The molecule has 1 saturated heterocycles. The first kappa shape index (κ1) is 25.1. The first-order valence-electron chi connectivity index (χ1n) is 10.8. The molecule has 33 heavy (non-hydrogen) atoms. The van der Waals surface area contributed by atoms with Crippen LogP contribution in [0.4, 0.5) is 0 Å². The lowest BCUT2D eigenvalue weighted by Crippen LogP contribution is -2.44. The van der Waals surface area contributed by atoms with E-state index in [2.05, 4.69) is 0 Å². The van der Waals surface area contributed by atoms with Gasteiger partial charge in [-0.3, -0.25) is 0 Å². The second-order valence-corrected chi connectivity index (χ2v) is 8.49. The third-order valence-corrected chi connectivity index (χ3v) is 5.71. The normalized spacial score (nSPS) is 21.3. The van der Waals surface area contributed by atoms with Crippen molar-refractivity contribution < 1.29 is 38.6 Å². The molecular weight excluding hydrogens is 428 g/mol. The van der Waals surface area contributed by atoms with Gasteiger partial charge in [-0.2, -0.15) is 0 Å². The van der Waals surface area contributed by atoms with E-state index >= 15 is 0 Å². The zero-order valence-corrected chi connectivity index (χ0v) is 20.0. The van der Waals surface area contributed by atoms with Crippen molar-refractivity contribution in [2.75, 3.05) is 28.4 Å². The number of hydrogen-bond acceptors (Lipinski definition) is 8. The molecular formula is C25H34O8. The second-order valence-electron chi connectivity index (χ2n) is 8.49. The van der Waals surface area contributed by atoms with Crippen molar-refractivity contribution in [2.45, 2.75) is 56.9 Å². The van der Waals surface area contributed by atoms with E-state index in [0.717, 1.165) is 11.1 Å². The van der Waals surface area contributed by atoms with Gasteiger partial charge in [0.2, 0.25) is 0 Å². The smallest absolute Gasteiger partial charge is 0.164 e. The van der Waals surface area contributed by atoms with Crippen LogP contribution in [-0.4, -0.2) is 68.9 Å². The molecule has 1 aliphatic heterocycles. The fourth-order valence-electron chi connectivity index (χ4n) is 4.14. The Morgan fingerprint density at radius 2 is 1.06 bits per heavy atom. The van der Waals surface area contributed by atoms with Crippen molar-refractivity contribution in [3.05, 3.63) is 47.5 Å². The summed E-state index contributed by atoms with van der Waals surface area (Å²) in [5.74, 6) is 1.44. The van der Waals surface area contributed by atoms with Gasteiger partial charge in [0.15, 0.2) is 28.8 Å². The molecule has 2 aromatic rings. The van der Waals surface area contributed by atoms with E-state index in [0.29, 0.717) is 35.8 Å². The van der Waals surface area contributed by atoms with Gasteiger partial charge in [-0.1, -0.05) is 12.1 Å². The summed E-state index contributed by atoms with van der Waals surface area (Å²) >= 11 is 0. The summed E-state index contributed by atoms with van der Waals surface area (Å²) in [5.41, 5.74) is 1.70. The third-order valence-electron chi connectivity index (χ3n) is 5.71. The quantitative estimate of drug-likeness (QED) is 0.557. The predicted octanol–water partition coefficient (Wildman–Crippen LogP) is 2.75. The molecule has 1 fully saturated rings. The number of rotatable bonds is 10. The highest BCUT2D eigenvalue weighted by Crippen LogP contribution is 2.35. The minimum atomic E-state index is -0.938. The van der Waals surface area contributed by atoms with E-state index in [9.17, 15) is 10.2 Å². The van der Waals surface area contributed by atoms with Crippen LogP contribution in [-0.2, 0) is 22.3 Å². The van der Waals surface area contributed by atoms with Crippen LogP contribution in [0.3, 0.4) is 0 Å². The summed E-state index contributed by atoms with van der Waals surface area (Å²) in [6.45, 7) is 3.54. The zero-order chi connectivity index (χ0) is 24.2. The van der Waals surface area contributed by atoms with E-state index < -0.39 is 30.2 Å². The molecule has 3 rings (SSSR count). The van der Waals surface area contributed by atoms with Gasteiger partial charge in [0, 0.05) is 12.8 Å². The summed E-state index contributed by atoms with van der Waals surface area (Å²) in [4.78, 5) is 0. The molecule has 8 heteroatoms. The number of aliphatic hydroxyl groups is 2. The Labute approximate surface area is 194 Å². The van der Waals surface area contributed by atoms with Gasteiger partial charge >= 0.3 is 0 Å². The maximum Gasteiger partial charge on any atom is 0.164 e. The van der Waals surface area contributed by atoms with Crippen molar-refractivity contribution >= 4 is 0 Å². The highest BCUT2D eigenvalue weighted by molar-refractivity contribution is 5.44. The van der Waals surface area contributed by atoms with Gasteiger partial charge in [-0.15, -0.1) is 0 Å². The fraction of sp³-hybridized carbons (Fsp3) is 0.520. The van der Waals surface area contributed by atoms with Gasteiger partial charge < -0.3 is 38.6 Å². The Bertz CT molecular complexity index is 855. The lowest BCUT2D eigenvalue weighted by molar-refractivity contribution is -0.160. The van der Waals surface area contributed by atoms with Crippen LogP contribution in [0.5, 0.6) is 23.0 Å². The van der Waals surface area contributed by atoms with Gasteiger partial charge in [0.1, 0.15) is 12.2 Å². The largest absolute Gasteiger partial charge is 0.493 e. The molecule has 0 unspecified atom stereocenters. The van der Waals surface area contributed by atoms with Crippen LogP contribution >= 0.6 is 0 Å². The van der Waals surface area contributed by atoms with Crippen LogP contribution < -0.4 is 18.9 Å². The molecule has 0 aliphatic carbocycles. The fourth-order valence-corrected chi connectivity index (χ4v) is 4.14. The van der Waals surface area contributed by atoms with E-state index in [1.807, 2.05) is 24.3 Å². The van der Waals surface area contributed by atoms with Gasteiger partial charge in [-0.05, 0) is 49.2 Å².